The summed E-state index contributed by atoms with van der Waals surface area (Å²) in [6.07, 6.45) is 0.674. The van der Waals surface area contributed by atoms with Gasteiger partial charge in [0.2, 0.25) is 0 Å². The highest BCUT2D eigenvalue weighted by atomic mass is 19.2. The molecular formula is C18H16F2N2O3. The molecule has 2 aromatic carbocycles. The molecule has 7 heteroatoms. The number of amides is 2. The number of benzene rings is 2. The Balaban J connectivity index is 1.60. The van der Waals surface area contributed by atoms with Crippen molar-refractivity contribution in [1.29, 1.82) is 0 Å². The van der Waals surface area contributed by atoms with Crippen LogP contribution in [0.2, 0.25) is 0 Å². The lowest BCUT2D eigenvalue weighted by Crippen LogP contribution is -2.37. The fraction of sp³-hybridized carbons (Fsp3) is 0.222. The van der Waals surface area contributed by atoms with Crippen LogP contribution in [0.5, 0.6) is 5.75 Å². The highest BCUT2D eigenvalue weighted by molar-refractivity contribution is 6.39. The van der Waals surface area contributed by atoms with Gasteiger partial charge in [-0.2, -0.15) is 0 Å². The fourth-order valence-electron chi connectivity index (χ4n) is 2.68. The first-order chi connectivity index (χ1) is 12.0. The molecule has 0 heterocycles. The summed E-state index contributed by atoms with van der Waals surface area (Å²) in [6, 6.07) is 10.6. The minimum Gasteiger partial charge on any atom is -0.496 e. The highest BCUT2D eigenvalue weighted by Gasteiger charge is 2.42. The molecule has 1 saturated carbocycles. The molecule has 2 amide bonds. The van der Waals surface area contributed by atoms with Crippen LogP contribution < -0.4 is 15.4 Å². The molecule has 2 atom stereocenters. The molecule has 0 spiro atoms. The van der Waals surface area contributed by atoms with E-state index in [1.165, 1.54) is 12.1 Å². The second-order valence-corrected chi connectivity index (χ2v) is 5.72. The van der Waals surface area contributed by atoms with Gasteiger partial charge < -0.3 is 15.4 Å². The quantitative estimate of drug-likeness (QED) is 0.836. The number of para-hydroxylation sites is 1. The molecule has 5 nitrogen and oxygen atoms in total. The van der Waals surface area contributed by atoms with Crippen LogP contribution in [0.15, 0.2) is 42.5 Å². The molecule has 130 valence electrons. The fourth-order valence-corrected chi connectivity index (χ4v) is 2.68. The van der Waals surface area contributed by atoms with Gasteiger partial charge in [0.25, 0.3) is 0 Å². The van der Waals surface area contributed by atoms with Crippen molar-refractivity contribution in [2.24, 2.45) is 0 Å². The molecule has 2 aromatic rings. The molecule has 2 N–H and O–H groups in total. The van der Waals surface area contributed by atoms with Gasteiger partial charge in [-0.25, -0.2) is 8.78 Å². The zero-order chi connectivity index (χ0) is 18.0. The van der Waals surface area contributed by atoms with Crippen LogP contribution in [-0.4, -0.2) is 25.0 Å². The van der Waals surface area contributed by atoms with Crippen LogP contribution in [0.25, 0.3) is 0 Å². The third-order valence-electron chi connectivity index (χ3n) is 4.05. The molecular weight excluding hydrogens is 330 g/mol. The van der Waals surface area contributed by atoms with E-state index < -0.39 is 23.4 Å². The van der Waals surface area contributed by atoms with Crippen molar-refractivity contribution in [3.05, 3.63) is 59.7 Å². The van der Waals surface area contributed by atoms with Crippen LogP contribution in [0, 0.1) is 11.6 Å². The number of rotatable bonds is 4. The summed E-state index contributed by atoms with van der Waals surface area (Å²) in [5, 5.41) is 4.66. The summed E-state index contributed by atoms with van der Waals surface area (Å²) in [5.41, 5.74) is 0.573. The third kappa shape index (κ3) is 3.60. The zero-order valence-corrected chi connectivity index (χ0v) is 13.4. The van der Waals surface area contributed by atoms with E-state index in [0.29, 0.717) is 6.42 Å². The Kier molecular flexibility index (Phi) is 4.65. The van der Waals surface area contributed by atoms with Crippen LogP contribution in [0.1, 0.15) is 17.9 Å². The Morgan fingerprint density at radius 2 is 1.84 bits per heavy atom. The lowest BCUT2D eigenvalue weighted by atomic mass is 10.1. The van der Waals surface area contributed by atoms with Gasteiger partial charge in [0.1, 0.15) is 5.75 Å². The van der Waals surface area contributed by atoms with Crippen molar-refractivity contribution in [3.8, 4) is 5.75 Å². The summed E-state index contributed by atoms with van der Waals surface area (Å²) in [4.78, 5) is 23.8. The second kappa shape index (κ2) is 6.88. The molecule has 1 fully saturated rings. The normalized spacial score (nSPS) is 18.4. The second-order valence-electron chi connectivity index (χ2n) is 5.72. The molecule has 0 aromatic heterocycles. The van der Waals surface area contributed by atoms with Gasteiger partial charge in [-0.15, -0.1) is 0 Å². The monoisotopic (exact) mass is 346 g/mol. The van der Waals surface area contributed by atoms with E-state index in [1.54, 1.807) is 7.11 Å². The van der Waals surface area contributed by atoms with Gasteiger partial charge in [0.15, 0.2) is 11.6 Å². The average Bonchev–Trinajstić information content (AvgIpc) is 3.37. The largest absolute Gasteiger partial charge is 0.496 e. The van der Waals surface area contributed by atoms with Crippen LogP contribution in [0.4, 0.5) is 14.5 Å². The summed E-state index contributed by atoms with van der Waals surface area (Å²) < 4.78 is 31.9. The number of hydrogen-bond acceptors (Lipinski definition) is 3. The minimum atomic E-state index is -1.21. The number of hydrogen-bond donors (Lipinski definition) is 2. The van der Waals surface area contributed by atoms with Gasteiger partial charge in [0, 0.05) is 12.0 Å². The molecule has 3 rings (SSSR count). The van der Waals surface area contributed by atoms with E-state index in [-0.39, 0.29) is 17.6 Å². The Morgan fingerprint density at radius 1 is 1.08 bits per heavy atom. The van der Waals surface area contributed by atoms with Crippen molar-refractivity contribution in [2.75, 3.05) is 12.4 Å². The molecule has 0 aliphatic heterocycles. The van der Waals surface area contributed by atoms with Crippen molar-refractivity contribution >= 4 is 17.5 Å². The maximum Gasteiger partial charge on any atom is 0.313 e. The number of ether oxygens (including phenoxy) is 1. The van der Waals surface area contributed by atoms with Crippen LogP contribution in [0.3, 0.4) is 0 Å². The Bertz CT molecular complexity index is 826. The number of nitrogens with one attached hydrogen (secondary N) is 2. The van der Waals surface area contributed by atoms with Gasteiger partial charge in [-0.1, -0.05) is 24.3 Å². The number of halogens is 2. The SMILES string of the molecule is COc1ccccc1C1CC1NC(=O)C(=O)Nc1cccc(F)c1F. The molecule has 0 bridgehead atoms. The average molecular weight is 346 g/mol. The van der Waals surface area contributed by atoms with Gasteiger partial charge >= 0.3 is 11.8 Å². The first-order valence-electron chi connectivity index (χ1n) is 7.70. The first kappa shape index (κ1) is 16.9. The molecule has 1 aliphatic rings. The lowest BCUT2D eigenvalue weighted by Gasteiger charge is -2.09. The van der Waals surface area contributed by atoms with E-state index >= 15 is 0 Å². The standard InChI is InChI=1S/C18H16F2N2O3/c1-25-15-8-3-2-5-10(15)11-9-14(11)22-18(24)17(23)21-13-7-4-6-12(19)16(13)20/h2-8,11,14H,9H2,1H3,(H,21,23)(H,22,24). The predicted octanol–water partition coefficient (Wildman–Crippen LogP) is 2.58. The smallest absolute Gasteiger partial charge is 0.313 e. The Labute approximate surface area is 143 Å². The van der Waals surface area contributed by atoms with Crippen molar-refractivity contribution < 1.29 is 23.1 Å². The lowest BCUT2D eigenvalue weighted by molar-refractivity contribution is -0.136. The highest BCUT2D eigenvalue weighted by Crippen LogP contribution is 2.44. The van der Waals surface area contributed by atoms with E-state index in [4.69, 9.17) is 4.74 Å². The van der Waals surface area contributed by atoms with Crippen LogP contribution >= 0.6 is 0 Å². The van der Waals surface area contributed by atoms with Crippen LogP contribution in [-0.2, 0) is 9.59 Å². The molecule has 25 heavy (non-hydrogen) atoms. The third-order valence-corrected chi connectivity index (χ3v) is 4.05. The summed E-state index contributed by atoms with van der Waals surface area (Å²) >= 11 is 0. The van der Waals surface area contributed by atoms with E-state index in [9.17, 15) is 18.4 Å². The van der Waals surface area contributed by atoms with E-state index in [1.807, 2.05) is 24.3 Å². The van der Waals surface area contributed by atoms with Gasteiger partial charge in [-0.3, -0.25) is 9.59 Å². The van der Waals surface area contributed by atoms with E-state index in [2.05, 4.69) is 10.6 Å². The van der Waals surface area contributed by atoms with Crippen molar-refractivity contribution in [1.82, 2.24) is 5.32 Å². The maximum atomic E-state index is 13.5. The number of anilines is 1. The number of carbonyl (C=O) groups excluding carboxylic acids is 2. The van der Waals surface area contributed by atoms with E-state index in [0.717, 1.165) is 17.4 Å². The minimum absolute atomic E-state index is 0.0544. The summed E-state index contributed by atoms with van der Waals surface area (Å²) in [5.74, 6) is -3.48. The first-order valence-corrected chi connectivity index (χ1v) is 7.70. The van der Waals surface area contributed by atoms with Crippen molar-refractivity contribution in [3.63, 3.8) is 0 Å². The van der Waals surface area contributed by atoms with Gasteiger partial charge in [-0.05, 0) is 30.2 Å². The topological polar surface area (TPSA) is 67.4 Å². The molecule has 2 unspecified atom stereocenters. The Morgan fingerprint density at radius 3 is 2.60 bits per heavy atom. The number of methoxy groups -OCH3 is 1. The Hall–Kier alpha value is -2.96. The maximum absolute atomic E-state index is 13.5. The molecule has 0 radical (unpaired) electrons. The molecule has 1 aliphatic carbocycles. The van der Waals surface area contributed by atoms with Crippen molar-refractivity contribution in [2.45, 2.75) is 18.4 Å². The predicted molar refractivity (Wildman–Crippen MR) is 87.3 cm³/mol. The van der Waals surface area contributed by atoms with Gasteiger partial charge in [0.05, 0.1) is 12.8 Å². The molecule has 0 saturated heterocycles. The summed E-state index contributed by atoms with van der Waals surface area (Å²) in [7, 11) is 1.57. The number of carbonyl (C=O) groups is 2. The summed E-state index contributed by atoms with van der Waals surface area (Å²) in [6.45, 7) is 0. The zero-order valence-electron chi connectivity index (χ0n) is 13.4.